The highest BCUT2D eigenvalue weighted by Crippen LogP contribution is 2.33. The number of thioether (sulfide) groups is 2. The molecule has 1 saturated heterocycles. The predicted octanol–water partition coefficient (Wildman–Crippen LogP) is 2.86. The second-order valence-corrected chi connectivity index (χ2v) is 6.58. The Hall–Kier alpha value is 0.360. The lowest BCUT2D eigenvalue weighted by molar-refractivity contribution is 0.594. The second-order valence-electron chi connectivity index (χ2n) is 3.31. The molecule has 78 valence electrons. The fourth-order valence-corrected chi connectivity index (χ4v) is 5.32. The maximum atomic E-state index is 3.45. The highest BCUT2D eigenvalue weighted by molar-refractivity contribution is 8.06. The Morgan fingerprint density at radius 2 is 2.43 bits per heavy atom. The fraction of sp³-hybridized carbons (Fsp3) is 0.600. The zero-order valence-corrected chi connectivity index (χ0v) is 10.7. The summed E-state index contributed by atoms with van der Waals surface area (Å²) in [6.07, 6.45) is 0. The number of thiophene rings is 1. The van der Waals surface area contributed by atoms with Crippen LogP contribution >= 0.6 is 34.9 Å². The number of nitrogens with one attached hydrogen (secondary N) is 1. The van der Waals surface area contributed by atoms with Crippen LogP contribution < -0.4 is 5.32 Å². The van der Waals surface area contributed by atoms with Gasteiger partial charge in [0.15, 0.2) is 0 Å². The molecule has 14 heavy (non-hydrogen) atoms. The predicted molar refractivity (Wildman–Crippen MR) is 69.7 cm³/mol. The summed E-state index contributed by atoms with van der Waals surface area (Å²) in [6.45, 7) is 0. The summed E-state index contributed by atoms with van der Waals surface area (Å²) in [7, 11) is 2.07. The molecule has 1 aliphatic rings. The van der Waals surface area contributed by atoms with Crippen LogP contribution in [0.25, 0.3) is 0 Å². The lowest BCUT2D eigenvalue weighted by Gasteiger charge is -2.28. The van der Waals surface area contributed by atoms with Gasteiger partial charge >= 0.3 is 0 Å². The van der Waals surface area contributed by atoms with E-state index in [0.717, 1.165) is 5.25 Å². The first-order valence-corrected chi connectivity index (χ1v) is 7.95. The summed E-state index contributed by atoms with van der Waals surface area (Å²) >= 11 is 5.99. The monoisotopic (exact) mass is 245 g/mol. The summed E-state index contributed by atoms with van der Waals surface area (Å²) in [6, 6.07) is 2.78. The van der Waals surface area contributed by atoms with Crippen LogP contribution in [0.5, 0.6) is 0 Å². The molecule has 0 spiro atoms. The van der Waals surface area contributed by atoms with E-state index in [4.69, 9.17) is 0 Å². The minimum absolute atomic E-state index is 0.541. The largest absolute Gasteiger partial charge is 0.312 e. The normalized spacial score (nSPS) is 24.8. The van der Waals surface area contributed by atoms with Gasteiger partial charge < -0.3 is 5.32 Å². The Kier molecular flexibility index (Phi) is 4.23. The van der Waals surface area contributed by atoms with Crippen LogP contribution in [-0.2, 0) is 0 Å². The van der Waals surface area contributed by atoms with Gasteiger partial charge in [0.25, 0.3) is 0 Å². The summed E-state index contributed by atoms with van der Waals surface area (Å²) < 4.78 is 0. The van der Waals surface area contributed by atoms with E-state index in [1.165, 1.54) is 22.8 Å². The molecule has 0 aromatic carbocycles. The molecule has 0 saturated carbocycles. The van der Waals surface area contributed by atoms with Gasteiger partial charge in [-0.25, -0.2) is 0 Å². The molecular formula is C10H15NS3. The van der Waals surface area contributed by atoms with Crippen LogP contribution in [0.2, 0.25) is 0 Å². The molecule has 2 atom stereocenters. The topological polar surface area (TPSA) is 12.0 Å². The molecule has 4 heteroatoms. The molecule has 0 bridgehead atoms. The Morgan fingerprint density at radius 3 is 3.00 bits per heavy atom. The van der Waals surface area contributed by atoms with Crippen molar-refractivity contribution in [2.45, 2.75) is 11.3 Å². The van der Waals surface area contributed by atoms with E-state index in [1.807, 2.05) is 0 Å². The van der Waals surface area contributed by atoms with E-state index in [2.05, 4.69) is 52.7 Å². The Balaban J connectivity index is 2.04. The van der Waals surface area contributed by atoms with Crippen molar-refractivity contribution >= 4 is 34.9 Å². The lowest BCUT2D eigenvalue weighted by atomic mass is 10.1. The van der Waals surface area contributed by atoms with Crippen molar-refractivity contribution < 1.29 is 0 Å². The van der Waals surface area contributed by atoms with E-state index in [1.54, 1.807) is 11.3 Å². The average molecular weight is 245 g/mol. The fourth-order valence-electron chi connectivity index (χ4n) is 1.72. The third-order valence-electron chi connectivity index (χ3n) is 2.43. The van der Waals surface area contributed by atoms with Gasteiger partial charge in [0.05, 0.1) is 0 Å². The number of rotatable bonds is 3. The first kappa shape index (κ1) is 10.9. The van der Waals surface area contributed by atoms with Crippen LogP contribution in [0.15, 0.2) is 16.8 Å². The van der Waals surface area contributed by atoms with Crippen LogP contribution in [0.3, 0.4) is 0 Å². The third-order valence-corrected chi connectivity index (χ3v) is 5.99. The van der Waals surface area contributed by atoms with Crippen LogP contribution in [0.4, 0.5) is 0 Å². The van der Waals surface area contributed by atoms with E-state index < -0.39 is 0 Å². The molecular weight excluding hydrogens is 230 g/mol. The Morgan fingerprint density at radius 1 is 1.50 bits per heavy atom. The highest BCUT2D eigenvalue weighted by Gasteiger charge is 2.24. The van der Waals surface area contributed by atoms with Crippen molar-refractivity contribution in [3.05, 3.63) is 22.4 Å². The molecule has 0 aliphatic carbocycles. The van der Waals surface area contributed by atoms with Crippen molar-refractivity contribution in [2.24, 2.45) is 0 Å². The zero-order chi connectivity index (χ0) is 9.80. The van der Waals surface area contributed by atoms with Crippen LogP contribution in [0, 0.1) is 0 Å². The summed E-state index contributed by atoms with van der Waals surface area (Å²) in [5.41, 5.74) is 1.46. The molecule has 1 fully saturated rings. The third kappa shape index (κ3) is 2.48. The SMILES string of the molecule is CNC(c1ccsc1)C1CSCCS1. The number of hydrogen-bond acceptors (Lipinski definition) is 4. The zero-order valence-electron chi connectivity index (χ0n) is 8.23. The lowest BCUT2D eigenvalue weighted by Crippen LogP contribution is -2.31. The van der Waals surface area contributed by atoms with Gasteiger partial charge in [0, 0.05) is 28.6 Å². The molecule has 0 radical (unpaired) electrons. The summed E-state index contributed by atoms with van der Waals surface area (Å²) in [5.74, 6) is 3.91. The van der Waals surface area contributed by atoms with Gasteiger partial charge in [-0.05, 0) is 29.4 Å². The highest BCUT2D eigenvalue weighted by atomic mass is 32.2. The maximum Gasteiger partial charge on any atom is 0.0454 e. The molecule has 2 rings (SSSR count). The van der Waals surface area contributed by atoms with Crippen LogP contribution in [-0.4, -0.2) is 29.6 Å². The van der Waals surface area contributed by atoms with Gasteiger partial charge in [0.1, 0.15) is 0 Å². The van der Waals surface area contributed by atoms with E-state index in [0.29, 0.717) is 6.04 Å². The van der Waals surface area contributed by atoms with Crippen molar-refractivity contribution in [1.82, 2.24) is 5.32 Å². The molecule has 1 aliphatic heterocycles. The van der Waals surface area contributed by atoms with Gasteiger partial charge in [-0.1, -0.05) is 0 Å². The minimum atomic E-state index is 0.541. The van der Waals surface area contributed by atoms with Crippen molar-refractivity contribution in [2.75, 3.05) is 24.3 Å². The quantitative estimate of drug-likeness (QED) is 0.879. The van der Waals surface area contributed by atoms with E-state index in [-0.39, 0.29) is 0 Å². The minimum Gasteiger partial charge on any atom is -0.312 e. The van der Waals surface area contributed by atoms with Gasteiger partial charge in [-0.3, -0.25) is 0 Å². The molecule has 2 heterocycles. The first-order chi connectivity index (χ1) is 6.92. The first-order valence-electron chi connectivity index (χ1n) is 4.80. The molecule has 2 unspecified atom stereocenters. The number of hydrogen-bond donors (Lipinski definition) is 1. The Labute approximate surface area is 98.1 Å². The maximum absolute atomic E-state index is 3.45. The van der Waals surface area contributed by atoms with Gasteiger partial charge in [-0.15, -0.1) is 0 Å². The van der Waals surface area contributed by atoms with E-state index >= 15 is 0 Å². The summed E-state index contributed by atoms with van der Waals surface area (Å²) in [5, 5.41) is 8.62. The molecule has 0 amide bonds. The molecule has 1 nitrogen and oxygen atoms in total. The van der Waals surface area contributed by atoms with Crippen molar-refractivity contribution in [3.63, 3.8) is 0 Å². The van der Waals surface area contributed by atoms with E-state index in [9.17, 15) is 0 Å². The molecule has 1 aromatic rings. The van der Waals surface area contributed by atoms with Crippen LogP contribution in [0.1, 0.15) is 11.6 Å². The van der Waals surface area contributed by atoms with Gasteiger partial charge in [-0.2, -0.15) is 34.9 Å². The van der Waals surface area contributed by atoms with Crippen molar-refractivity contribution in [1.29, 1.82) is 0 Å². The average Bonchev–Trinajstić information content (AvgIpc) is 2.74. The van der Waals surface area contributed by atoms with Gasteiger partial charge in [0.2, 0.25) is 0 Å². The second kappa shape index (κ2) is 5.45. The smallest absolute Gasteiger partial charge is 0.0454 e. The molecule has 1 aromatic heterocycles. The Bertz CT molecular complexity index is 254. The molecule has 1 N–H and O–H groups in total. The standard InChI is InChI=1S/C10H15NS3/c1-11-10(8-2-3-12-6-8)9-7-13-4-5-14-9/h2-3,6,9-11H,4-5,7H2,1H3. The summed E-state index contributed by atoms with van der Waals surface area (Å²) in [4.78, 5) is 0. The van der Waals surface area contributed by atoms with Crippen molar-refractivity contribution in [3.8, 4) is 0 Å².